The third kappa shape index (κ3) is 3.50. The zero-order chi connectivity index (χ0) is 29.4. The lowest BCUT2D eigenvalue weighted by Crippen LogP contribution is -2.30. The van der Waals surface area contributed by atoms with Crippen molar-refractivity contribution in [3.63, 3.8) is 0 Å². The van der Waals surface area contributed by atoms with Crippen molar-refractivity contribution >= 4 is 50.0 Å². The quantitative estimate of drug-likeness (QED) is 0.212. The minimum Gasteiger partial charge on any atom is -0.454 e. The van der Waals surface area contributed by atoms with Crippen LogP contribution < -0.4 is 4.90 Å². The highest BCUT2D eigenvalue weighted by molar-refractivity contribution is 6.17. The summed E-state index contributed by atoms with van der Waals surface area (Å²) in [7, 11) is 0. The lowest BCUT2D eigenvalue weighted by atomic mass is 9.73. The molecule has 0 fully saturated rings. The topological polar surface area (TPSA) is 21.3 Å². The van der Waals surface area contributed by atoms with Gasteiger partial charge in [0, 0.05) is 27.6 Å². The molecule has 3 heteroatoms. The summed E-state index contributed by atoms with van der Waals surface area (Å²) in [6.07, 6.45) is 0. The van der Waals surface area contributed by atoms with E-state index in [1.165, 1.54) is 28.1 Å². The second-order valence-electron chi connectivity index (χ2n) is 12.2. The van der Waals surface area contributed by atoms with Crippen LogP contribution in [0, 0.1) is 0 Å². The summed E-state index contributed by atoms with van der Waals surface area (Å²) in [5, 5.41) is 2.24. The molecular formula is C41H30N2O. The Labute approximate surface area is 256 Å². The van der Waals surface area contributed by atoms with E-state index < -0.39 is 0 Å². The van der Waals surface area contributed by atoms with Crippen LogP contribution in [0.4, 0.5) is 17.1 Å². The van der Waals surface area contributed by atoms with E-state index in [1.54, 1.807) is 0 Å². The normalized spacial score (nSPS) is 13.8. The molecule has 0 unspecified atom stereocenters. The van der Waals surface area contributed by atoms with Crippen molar-refractivity contribution in [1.82, 2.24) is 4.57 Å². The zero-order valence-corrected chi connectivity index (χ0v) is 24.7. The molecule has 9 rings (SSSR count). The van der Waals surface area contributed by atoms with E-state index in [-0.39, 0.29) is 5.41 Å². The van der Waals surface area contributed by atoms with E-state index in [0.29, 0.717) is 0 Å². The number of nitrogens with zero attached hydrogens (tertiary/aromatic N) is 2. The first-order chi connectivity index (χ1) is 21.6. The fraction of sp³-hybridized carbons (Fsp3) is 0.0732. The van der Waals surface area contributed by atoms with E-state index in [1.807, 2.05) is 6.07 Å². The molecule has 0 bridgehead atoms. The maximum absolute atomic E-state index is 6.51. The van der Waals surface area contributed by atoms with E-state index >= 15 is 0 Å². The molecule has 3 heterocycles. The summed E-state index contributed by atoms with van der Waals surface area (Å²) >= 11 is 0. The van der Waals surface area contributed by atoms with Crippen molar-refractivity contribution in [2.45, 2.75) is 19.3 Å². The standard InChI is InChI=1S/C41H30N2O/c1-41(2)33-15-7-9-17-36(33)42(37-18-10-8-16-34(37)41)30-23-20-27(21-24-30)28-22-25-35-32(26-28)40-39(31-14-6-11-19-38(31)44-40)43(35)29-12-4-3-5-13-29/h3-26H,1-2H3. The fourth-order valence-corrected chi connectivity index (χ4v) is 7.24. The SMILES string of the molecule is CC1(C)c2ccccc2N(c2ccc(-c3ccc4c(c3)c3oc5ccccc5c3n4-c3ccccc3)cc2)c2ccccc21. The van der Waals surface area contributed by atoms with Gasteiger partial charge < -0.3 is 13.9 Å². The molecule has 44 heavy (non-hydrogen) atoms. The number of benzene rings is 6. The molecule has 2 aromatic heterocycles. The van der Waals surface area contributed by atoms with Crippen LogP contribution in [0.1, 0.15) is 25.0 Å². The first-order valence-electron chi connectivity index (χ1n) is 15.2. The Hall–Kier alpha value is -5.54. The highest BCUT2D eigenvalue weighted by Gasteiger charge is 2.36. The molecule has 0 amide bonds. The van der Waals surface area contributed by atoms with E-state index in [9.17, 15) is 0 Å². The first-order valence-corrected chi connectivity index (χ1v) is 15.2. The number of para-hydroxylation sites is 4. The lowest BCUT2D eigenvalue weighted by molar-refractivity contribution is 0.632. The Kier molecular flexibility index (Phi) is 5.24. The largest absolute Gasteiger partial charge is 0.454 e. The van der Waals surface area contributed by atoms with Crippen LogP contribution in [-0.4, -0.2) is 4.57 Å². The number of aromatic nitrogens is 1. The van der Waals surface area contributed by atoms with Crippen molar-refractivity contribution in [2.75, 3.05) is 4.90 Å². The third-order valence-corrected chi connectivity index (χ3v) is 9.38. The summed E-state index contributed by atoms with van der Waals surface area (Å²) in [4.78, 5) is 2.40. The lowest BCUT2D eigenvalue weighted by Gasteiger charge is -2.42. The molecule has 0 atom stereocenters. The number of hydrogen-bond donors (Lipinski definition) is 0. The first kappa shape index (κ1) is 25.0. The maximum Gasteiger partial charge on any atom is 0.161 e. The van der Waals surface area contributed by atoms with Crippen LogP contribution in [0.5, 0.6) is 0 Å². The Morgan fingerprint density at radius 1 is 0.523 bits per heavy atom. The summed E-state index contributed by atoms with van der Waals surface area (Å²) in [6.45, 7) is 4.65. The average Bonchev–Trinajstić information content (AvgIpc) is 3.60. The van der Waals surface area contributed by atoms with Gasteiger partial charge in [-0.1, -0.05) is 98.8 Å². The van der Waals surface area contributed by atoms with Gasteiger partial charge in [0.2, 0.25) is 0 Å². The number of hydrogen-bond acceptors (Lipinski definition) is 2. The van der Waals surface area contributed by atoms with Crippen LogP contribution in [0.3, 0.4) is 0 Å². The third-order valence-electron chi connectivity index (χ3n) is 9.38. The smallest absolute Gasteiger partial charge is 0.161 e. The minimum atomic E-state index is -0.0722. The molecule has 0 radical (unpaired) electrons. The highest BCUT2D eigenvalue weighted by Crippen LogP contribution is 2.51. The average molecular weight is 567 g/mol. The minimum absolute atomic E-state index is 0.0722. The predicted octanol–water partition coefficient (Wildman–Crippen LogP) is 11.3. The fourth-order valence-electron chi connectivity index (χ4n) is 7.24. The van der Waals surface area contributed by atoms with Crippen LogP contribution in [0.25, 0.3) is 49.8 Å². The number of fused-ring (bicyclic) bond motifs is 7. The van der Waals surface area contributed by atoms with Crippen LogP contribution in [0.15, 0.2) is 150 Å². The molecule has 0 N–H and O–H groups in total. The Morgan fingerprint density at radius 3 is 1.86 bits per heavy atom. The zero-order valence-electron chi connectivity index (χ0n) is 24.7. The van der Waals surface area contributed by atoms with Crippen LogP contribution in [-0.2, 0) is 5.41 Å². The highest BCUT2D eigenvalue weighted by atomic mass is 16.3. The summed E-state index contributed by atoms with van der Waals surface area (Å²) in [6, 6.07) is 52.2. The van der Waals surface area contributed by atoms with Gasteiger partial charge in [-0.15, -0.1) is 0 Å². The Balaban J connectivity index is 1.19. The van der Waals surface area contributed by atoms with E-state index in [2.05, 4.69) is 163 Å². The van der Waals surface area contributed by atoms with Crippen LogP contribution in [0.2, 0.25) is 0 Å². The van der Waals surface area contributed by atoms with Crippen LogP contribution >= 0.6 is 0 Å². The molecule has 0 aliphatic carbocycles. The molecule has 8 aromatic rings. The van der Waals surface area contributed by atoms with Gasteiger partial charge in [0.05, 0.1) is 16.9 Å². The molecule has 1 aliphatic rings. The molecule has 1 aliphatic heterocycles. The van der Waals surface area contributed by atoms with Crippen molar-refractivity contribution in [1.29, 1.82) is 0 Å². The maximum atomic E-state index is 6.51. The summed E-state index contributed by atoms with van der Waals surface area (Å²) in [5.74, 6) is 0. The Bertz CT molecular complexity index is 2310. The van der Waals surface area contributed by atoms with E-state index in [4.69, 9.17) is 4.42 Å². The van der Waals surface area contributed by atoms with Gasteiger partial charge in [-0.3, -0.25) is 0 Å². The van der Waals surface area contributed by atoms with Crippen molar-refractivity contribution in [3.05, 3.63) is 157 Å². The van der Waals surface area contributed by atoms with Crippen molar-refractivity contribution in [3.8, 4) is 16.8 Å². The number of furan rings is 1. The van der Waals surface area contributed by atoms with E-state index in [0.717, 1.165) is 49.9 Å². The number of anilines is 3. The van der Waals surface area contributed by atoms with Gasteiger partial charge in [-0.25, -0.2) is 0 Å². The molecular weight excluding hydrogens is 536 g/mol. The molecule has 3 nitrogen and oxygen atoms in total. The summed E-state index contributed by atoms with van der Waals surface area (Å²) in [5.41, 5.74) is 13.8. The second kappa shape index (κ2) is 9.23. The Morgan fingerprint density at radius 2 is 1.14 bits per heavy atom. The molecule has 6 aromatic carbocycles. The summed E-state index contributed by atoms with van der Waals surface area (Å²) < 4.78 is 8.84. The monoisotopic (exact) mass is 566 g/mol. The molecule has 0 saturated carbocycles. The van der Waals surface area contributed by atoms with Crippen molar-refractivity contribution < 1.29 is 4.42 Å². The molecule has 0 saturated heterocycles. The van der Waals surface area contributed by atoms with Gasteiger partial charge in [0.15, 0.2) is 5.58 Å². The van der Waals surface area contributed by atoms with Crippen molar-refractivity contribution in [2.24, 2.45) is 0 Å². The van der Waals surface area contributed by atoms with Gasteiger partial charge in [0.25, 0.3) is 0 Å². The molecule has 0 spiro atoms. The van der Waals surface area contributed by atoms with Gasteiger partial charge in [0.1, 0.15) is 11.1 Å². The van der Waals surface area contributed by atoms with Gasteiger partial charge in [-0.05, 0) is 82.9 Å². The van der Waals surface area contributed by atoms with Gasteiger partial charge in [-0.2, -0.15) is 0 Å². The number of rotatable bonds is 3. The second-order valence-corrected chi connectivity index (χ2v) is 12.2. The predicted molar refractivity (Wildman–Crippen MR) is 183 cm³/mol. The molecule has 210 valence electrons. The van der Waals surface area contributed by atoms with Gasteiger partial charge >= 0.3 is 0 Å².